The number of benzene rings is 1. The summed E-state index contributed by atoms with van der Waals surface area (Å²) in [6, 6.07) is 8.85. The van der Waals surface area contributed by atoms with Gasteiger partial charge >= 0.3 is 5.97 Å². The lowest BCUT2D eigenvalue weighted by atomic mass is 10.2. The monoisotopic (exact) mass is 512 g/mol. The quantitative estimate of drug-likeness (QED) is 0.103. The number of carbonyl (C=O) groups excluding carboxylic acids is 1. The van der Waals surface area contributed by atoms with Gasteiger partial charge in [0.05, 0.1) is 105 Å². The van der Waals surface area contributed by atoms with Gasteiger partial charge in [-0.25, -0.2) is 4.79 Å². The van der Waals surface area contributed by atoms with Crippen molar-refractivity contribution in [3.8, 4) is 12.3 Å². The molecule has 1 aromatic rings. The highest BCUT2D eigenvalue weighted by atomic mass is 16.6. The van der Waals surface area contributed by atoms with E-state index in [1.165, 1.54) is 0 Å². The van der Waals surface area contributed by atoms with Gasteiger partial charge in [-0.1, -0.05) is 24.1 Å². The third kappa shape index (κ3) is 21.2. The summed E-state index contributed by atoms with van der Waals surface area (Å²) in [5.74, 6) is 2.04. The molecule has 1 aromatic carbocycles. The fourth-order valence-corrected chi connectivity index (χ4v) is 2.52. The smallest absolute Gasteiger partial charge is 0.338 e. The normalized spacial score (nSPS) is 10.9. The Balaban J connectivity index is 1.67. The second kappa shape index (κ2) is 26.0. The van der Waals surface area contributed by atoms with Crippen molar-refractivity contribution in [2.75, 3.05) is 112 Å². The van der Waals surface area contributed by atoms with Gasteiger partial charge in [-0.05, 0) is 12.1 Å². The SMILES string of the molecule is C#CCOCCOCCOCCOCCOCCOCCOCCOCCOC(=O)c1ccccc1. The van der Waals surface area contributed by atoms with Gasteiger partial charge in [0, 0.05) is 0 Å². The van der Waals surface area contributed by atoms with E-state index in [4.69, 9.17) is 49.1 Å². The van der Waals surface area contributed by atoms with E-state index in [0.717, 1.165) is 0 Å². The Morgan fingerprint density at radius 1 is 0.528 bits per heavy atom. The van der Waals surface area contributed by atoms with Crippen LogP contribution in [0.15, 0.2) is 30.3 Å². The van der Waals surface area contributed by atoms with Crippen molar-refractivity contribution >= 4 is 5.97 Å². The molecule has 0 heterocycles. The first-order valence-corrected chi connectivity index (χ1v) is 12.1. The molecule has 0 radical (unpaired) electrons. The van der Waals surface area contributed by atoms with Crippen LogP contribution in [0.2, 0.25) is 0 Å². The molecule has 0 bridgehead atoms. The summed E-state index contributed by atoms with van der Waals surface area (Å²) in [6.07, 6.45) is 5.07. The van der Waals surface area contributed by atoms with Crippen molar-refractivity contribution in [1.82, 2.24) is 0 Å². The van der Waals surface area contributed by atoms with Crippen LogP contribution in [0.4, 0.5) is 0 Å². The first-order chi connectivity index (χ1) is 17.8. The molecule has 0 atom stereocenters. The summed E-state index contributed by atoms with van der Waals surface area (Å²) in [7, 11) is 0. The molecule has 0 aliphatic heterocycles. The number of terminal acetylenes is 1. The highest BCUT2D eigenvalue weighted by Gasteiger charge is 2.05. The number of rotatable bonds is 26. The van der Waals surface area contributed by atoms with Gasteiger partial charge in [-0.2, -0.15) is 0 Å². The Kier molecular flexibility index (Phi) is 23.1. The Labute approximate surface area is 214 Å². The fraction of sp³-hybridized carbons (Fsp3) is 0.654. The molecule has 0 N–H and O–H groups in total. The molecule has 10 heteroatoms. The minimum absolute atomic E-state index is 0.205. The van der Waals surface area contributed by atoms with Crippen LogP contribution in [0.3, 0.4) is 0 Å². The summed E-state index contributed by atoms with van der Waals surface area (Å²) in [6.45, 7) is 7.66. The summed E-state index contributed by atoms with van der Waals surface area (Å²) in [4.78, 5) is 11.7. The minimum atomic E-state index is -0.355. The molecule has 0 aliphatic carbocycles. The molecule has 0 spiro atoms. The van der Waals surface area contributed by atoms with E-state index in [0.29, 0.717) is 111 Å². The van der Waals surface area contributed by atoms with E-state index in [-0.39, 0.29) is 12.6 Å². The number of hydrogen-bond donors (Lipinski definition) is 0. The van der Waals surface area contributed by atoms with Crippen LogP contribution in [0.1, 0.15) is 10.4 Å². The van der Waals surface area contributed by atoms with Crippen molar-refractivity contribution in [3.05, 3.63) is 35.9 Å². The second-order valence-electron chi connectivity index (χ2n) is 7.05. The average Bonchev–Trinajstić information content (AvgIpc) is 2.91. The highest BCUT2D eigenvalue weighted by Crippen LogP contribution is 2.00. The molecule has 10 nitrogen and oxygen atoms in total. The number of esters is 1. The van der Waals surface area contributed by atoms with Crippen LogP contribution in [-0.4, -0.2) is 118 Å². The van der Waals surface area contributed by atoms with Crippen LogP contribution in [0.5, 0.6) is 0 Å². The zero-order valence-corrected chi connectivity index (χ0v) is 21.1. The number of carbonyl (C=O) groups is 1. The maximum atomic E-state index is 11.7. The van der Waals surface area contributed by atoms with Gasteiger partial charge < -0.3 is 42.6 Å². The van der Waals surface area contributed by atoms with Crippen LogP contribution in [0.25, 0.3) is 0 Å². The maximum absolute atomic E-state index is 11.7. The van der Waals surface area contributed by atoms with Gasteiger partial charge in [0.25, 0.3) is 0 Å². The second-order valence-corrected chi connectivity index (χ2v) is 7.05. The molecular weight excluding hydrogens is 472 g/mol. The van der Waals surface area contributed by atoms with Crippen molar-refractivity contribution in [3.63, 3.8) is 0 Å². The molecule has 1 rings (SSSR count). The van der Waals surface area contributed by atoms with E-state index in [2.05, 4.69) is 5.92 Å². The van der Waals surface area contributed by atoms with E-state index in [1.807, 2.05) is 6.07 Å². The van der Waals surface area contributed by atoms with Crippen LogP contribution in [0, 0.1) is 12.3 Å². The molecular formula is C26H40O10. The van der Waals surface area contributed by atoms with Gasteiger partial charge in [-0.3, -0.25) is 0 Å². The highest BCUT2D eigenvalue weighted by molar-refractivity contribution is 5.89. The summed E-state index contributed by atoms with van der Waals surface area (Å²) in [5.41, 5.74) is 0.527. The van der Waals surface area contributed by atoms with Gasteiger partial charge in [0.2, 0.25) is 0 Å². The molecule has 0 amide bonds. The predicted octanol–water partition coefficient (Wildman–Crippen LogP) is 1.61. The van der Waals surface area contributed by atoms with E-state index < -0.39 is 0 Å². The Hall–Kier alpha value is -2.07. The topological polar surface area (TPSA) is 100 Å². The fourth-order valence-electron chi connectivity index (χ4n) is 2.52. The summed E-state index contributed by atoms with van der Waals surface area (Å²) >= 11 is 0. The van der Waals surface area contributed by atoms with Gasteiger partial charge in [0.15, 0.2) is 0 Å². The molecule has 0 aliphatic rings. The molecule has 0 fully saturated rings. The van der Waals surface area contributed by atoms with Gasteiger partial charge in [-0.15, -0.1) is 6.42 Å². The molecule has 36 heavy (non-hydrogen) atoms. The lowest BCUT2D eigenvalue weighted by molar-refractivity contribution is -0.0239. The minimum Gasteiger partial charge on any atom is -0.460 e. The molecule has 0 saturated heterocycles. The zero-order chi connectivity index (χ0) is 25.8. The predicted molar refractivity (Wildman–Crippen MR) is 132 cm³/mol. The lowest BCUT2D eigenvalue weighted by Gasteiger charge is -2.09. The Bertz CT molecular complexity index is 650. The van der Waals surface area contributed by atoms with Crippen molar-refractivity contribution < 1.29 is 47.4 Å². The average molecular weight is 513 g/mol. The van der Waals surface area contributed by atoms with E-state index in [9.17, 15) is 4.79 Å². The van der Waals surface area contributed by atoms with E-state index in [1.54, 1.807) is 24.3 Å². The largest absolute Gasteiger partial charge is 0.460 e. The first kappa shape index (κ1) is 32.0. The molecule has 0 aromatic heterocycles. The third-order valence-corrected chi connectivity index (χ3v) is 4.26. The molecule has 0 unspecified atom stereocenters. The molecule has 0 saturated carbocycles. The number of ether oxygens (including phenoxy) is 9. The maximum Gasteiger partial charge on any atom is 0.338 e. The van der Waals surface area contributed by atoms with Crippen molar-refractivity contribution in [2.45, 2.75) is 0 Å². The third-order valence-electron chi connectivity index (χ3n) is 4.26. The standard InChI is InChI=1S/C26H40O10/c1-2-8-28-9-10-29-11-12-30-13-14-31-15-16-32-17-18-33-19-20-34-21-22-35-23-24-36-26(27)25-6-4-3-5-7-25/h1,3-7H,8-24H2. The van der Waals surface area contributed by atoms with Crippen LogP contribution < -0.4 is 0 Å². The van der Waals surface area contributed by atoms with Gasteiger partial charge in [0.1, 0.15) is 13.2 Å². The van der Waals surface area contributed by atoms with Crippen molar-refractivity contribution in [2.24, 2.45) is 0 Å². The Morgan fingerprint density at radius 3 is 1.22 bits per heavy atom. The van der Waals surface area contributed by atoms with Crippen molar-refractivity contribution in [1.29, 1.82) is 0 Å². The van der Waals surface area contributed by atoms with E-state index >= 15 is 0 Å². The first-order valence-electron chi connectivity index (χ1n) is 12.1. The zero-order valence-electron chi connectivity index (χ0n) is 21.1. The Morgan fingerprint density at radius 2 is 0.861 bits per heavy atom. The number of hydrogen-bond acceptors (Lipinski definition) is 10. The molecule has 204 valence electrons. The van der Waals surface area contributed by atoms with Crippen LogP contribution in [-0.2, 0) is 42.6 Å². The van der Waals surface area contributed by atoms with Crippen LogP contribution >= 0.6 is 0 Å². The summed E-state index contributed by atoms with van der Waals surface area (Å²) in [5, 5.41) is 0. The summed E-state index contributed by atoms with van der Waals surface area (Å²) < 4.78 is 48.0. The lowest BCUT2D eigenvalue weighted by Crippen LogP contribution is -2.15.